The van der Waals surface area contributed by atoms with Crippen LogP contribution in [0.4, 0.5) is 0 Å². The average molecular weight is 252 g/mol. The molecule has 0 aliphatic carbocycles. The number of aliphatic hydroxyl groups excluding tert-OH is 1. The van der Waals surface area contributed by atoms with Crippen LogP contribution >= 0.6 is 11.8 Å². The van der Waals surface area contributed by atoms with Crippen molar-refractivity contribution in [2.75, 3.05) is 19.8 Å². The van der Waals surface area contributed by atoms with Crippen LogP contribution in [0.25, 0.3) is 0 Å². The van der Waals surface area contributed by atoms with Gasteiger partial charge in [-0.1, -0.05) is 32.9 Å². The molecule has 2 nitrogen and oxygen atoms in total. The smallest absolute Gasteiger partial charge is 0.0902 e. The lowest BCUT2D eigenvalue weighted by atomic mass is 9.87. The maximum Gasteiger partial charge on any atom is 0.0902 e. The third-order valence-corrected chi connectivity index (χ3v) is 4.38. The predicted molar refractivity (Wildman–Crippen MR) is 71.6 cm³/mol. The van der Waals surface area contributed by atoms with Crippen LogP contribution in [0.5, 0.6) is 0 Å². The van der Waals surface area contributed by atoms with Crippen LogP contribution in [-0.4, -0.2) is 29.7 Å². The van der Waals surface area contributed by atoms with E-state index in [1.54, 1.807) is 11.8 Å². The molecule has 94 valence electrons. The van der Waals surface area contributed by atoms with Crippen LogP contribution in [-0.2, 0) is 10.2 Å². The van der Waals surface area contributed by atoms with Gasteiger partial charge in [-0.25, -0.2) is 0 Å². The lowest BCUT2D eigenvalue weighted by Crippen LogP contribution is -2.49. The highest BCUT2D eigenvalue weighted by atomic mass is 32.2. The minimum Gasteiger partial charge on any atom is -0.395 e. The van der Waals surface area contributed by atoms with Gasteiger partial charge < -0.3 is 9.84 Å². The summed E-state index contributed by atoms with van der Waals surface area (Å²) in [7, 11) is 0. The van der Waals surface area contributed by atoms with Gasteiger partial charge in [0, 0.05) is 4.90 Å². The van der Waals surface area contributed by atoms with Crippen LogP contribution in [0.2, 0.25) is 0 Å². The highest BCUT2D eigenvalue weighted by molar-refractivity contribution is 8.00. The summed E-state index contributed by atoms with van der Waals surface area (Å²) in [5.74, 6) is 0. The molecular formula is C14H20O2S. The summed E-state index contributed by atoms with van der Waals surface area (Å²) in [4.78, 5) is 1.20. The molecule has 17 heavy (non-hydrogen) atoms. The molecule has 1 heterocycles. The molecular weight excluding hydrogens is 232 g/mol. The number of rotatable bonds is 3. The van der Waals surface area contributed by atoms with Crippen LogP contribution in [0.15, 0.2) is 29.2 Å². The van der Waals surface area contributed by atoms with E-state index in [0.29, 0.717) is 13.2 Å². The fraction of sp³-hybridized carbons (Fsp3) is 0.571. The van der Waals surface area contributed by atoms with Crippen LogP contribution in [0.3, 0.4) is 0 Å². The summed E-state index contributed by atoms with van der Waals surface area (Å²) in [5.41, 5.74) is 1.53. The number of hydrogen-bond donors (Lipinski definition) is 1. The molecule has 1 aliphatic rings. The molecule has 1 aliphatic heterocycles. The van der Waals surface area contributed by atoms with Crippen molar-refractivity contribution in [2.45, 2.75) is 35.8 Å². The van der Waals surface area contributed by atoms with Crippen LogP contribution < -0.4 is 0 Å². The molecule has 0 atom stereocenters. The Morgan fingerprint density at radius 2 is 1.82 bits per heavy atom. The monoisotopic (exact) mass is 252 g/mol. The number of ether oxygens (including phenoxy) is 1. The van der Waals surface area contributed by atoms with Gasteiger partial charge in [0.15, 0.2) is 0 Å². The zero-order valence-corrected chi connectivity index (χ0v) is 11.5. The maximum absolute atomic E-state index is 9.38. The van der Waals surface area contributed by atoms with Crippen molar-refractivity contribution < 1.29 is 9.84 Å². The Labute approximate surface area is 107 Å². The number of aliphatic hydroxyl groups is 1. The molecule has 3 heteroatoms. The van der Waals surface area contributed by atoms with Crippen molar-refractivity contribution >= 4 is 11.8 Å². The van der Waals surface area contributed by atoms with E-state index in [1.165, 1.54) is 10.5 Å². The zero-order chi connectivity index (χ0) is 12.5. The van der Waals surface area contributed by atoms with Crippen molar-refractivity contribution in [3.05, 3.63) is 29.8 Å². The van der Waals surface area contributed by atoms with Gasteiger partial charge in [-0.3, -0.25) is 0 Å². The molecule has 0 radical (unpaired) electrons. The molecule has 0 bridgehead atoms. The standard InChI is InChI=1S/C14H20O2S/c1-13(2,3)11-4-6-12(7-5-11)17-14(8-15)9-16-10-14/h4-7,15H,8-10H2,1-3H3. The fourth-order valence-corrected chi connectivity index (χ4v) is 2.91. The quantitative estimate of drug-likeness (QED) is 0.897. The summed E-state index contributed by atoms with van der Waals surface area (Å²) < 4.78 is 5.09. The van der Waals surface area contributed by atoms with Gasteiger partial charge in [0.1, 0.15) is 0 Å². The van der Waals surface area contributed by atoms with E-state index >= 15 is 0 Å². The molecule has 1 fully saturated rings. The Morgan fingerprint density at radius 1 is 1.24 bits per heavy atom. The first kappa shape index (κ1) is 12.9. The summed E-state index contributed by atoms with van der Waals surface area (Å²) in [5, 5.41) is 9.38. The Morgan fingerprint density at radius 3 is 2.18 bits per heavy atom. The van der Waals surface area contributed by atoms with E-state index in [-0.39, 0.29) is 16.8 Å². The van der Waals surface area contributed by atoms with E-state index in [1.807, 2.05) is 0 Å². The Balaban J connectivity index is 2.08. The van der Waals surface area contributed by atoms with Gasteiger partial charge >= 0.3 is 0 Å². The molecule has 0 amide bonds. The Hall–Kier alpha value is -0.510. The normalized spacial score (nSPS) is 18.8. The topological polar surface area (TPSA) is 29.5 Å². The van der Waals surface area contributed by atoms with Crippen molar-refractivity contribution in [1.29, 1.82) is 0 Å². The van der Waals surface area contributed by atoms with Gasteiger partial charge in [0.25, 0.3) is 0 Å². The van der Waals surface area contributed by atoms with Gasteiger partial charge in [0.2, 0.25) is 0 Å². The molecule has 0 unspecified atom stereocenters. The Bertz CT molecular complexity index is 369. The third-order valence-electron chi connectivity index (χ3n) is 3.07. The van der Waals surface area contributed by atoms with E-state index in [4.69, 9.17) is 4.74 Å². The van der Waals surface area contributed by atoms with Crippen LogP contribution in [0, 0.1) is 0 Å². The number of benzene rings is 1. The second kappa shape index (κ2) is 4.63. The van der Waals surface area contributed by atoms with E-state index in [0.717, 1.165) is 0 Å². The molecule has 0 saturated carbocycles. The summed E-state index contributed by atoms with van der Waals surface area (Å²) >= 11 is 1.72. The molecule has 1 aromatic carbocycles. The second-order valence-electron chi connectivity index (χ2n) is 5.71. The minimum atomic E-state index is -0.108. The highest BCUT2D eigenvalue weighted by Crippen LogP contribution is 2.38. The minimum absolute atomic E-state index is 0.108. The first-order chi connectivity index (χ1) is 7.95. The van der Waals surface area contributed by atoms with Crippen LogP contribution in [0.1, 0.15) is 26.3 Å². The predicted octanol–water partition coefficient (Wildman–Crippen LogP) is 2.84. The number of thioether (sulfide) groups is 1. The first-order valence-corrected chi connectivity index (χ1v) is 6.75. The van der Waals surface area contributed by atoms with Crippen molar-refractivity contribution in [1.82, 2.24) is 0 Å². The first-order valence-electron chi connectivity index (χ1n) is 5.93. The molecule has 1 aromatic rings. The van der Waals surface area contributed by atoms with E-state index in [9.17, 15) is 5.11 Å². The molecule has 2 rings (SSSR count). The largest absolute Gasteiger partial charge is 0.395 e. The maximum atomic E-state index is 9.38. The molecule has 0 aromatic heterocycles. The lowest BCUT2D eigenvalue weighted by Gasteiger charge is -2.39. The fourth-order valence-electron chi connectivity index (χ4n) is 1.79. The zero-order valence-electron chi connectivity index (χ0n) is 10.7. The summed E-state index contributed by atoms with van der Waals surface area (Å²) in [6.45, 7) is 8.11. The van der Waals surface area contributed by atoms with Gasteiger partial charge in [-0.2, -0.15) is 0 Å². The third kappa shape index (κ3) is 2.84. The van der Waals surface area contributed by atoms with Gasteiger partial charge in [-0.15, -0.1) is 11.8 Å². The van der Waals surface area contributed by atoms with E-state index < -0.39 is 0 Å². The molecule has 1 saturated heterocycles. The summed E-state index contributed by atoms with van der Waals surface area (Å²) in [6.07, 6.45) is 0. The van der Waals surface area contributed by atoms with Crippen molar-refractivity contribution in [2.24, 2.45) is 0 Å². The SMILES string of the molecule is CC(C)(C)c1ccc(SC2(CO)COC2)cc1. The Kier molecular flexibility index (Phi) is 3.53. The van der Waals surface area contributed by atoms with Gasteiger partial charge in [-0.05, 0) is 23.1 Å². The summed E-state index contributed by atoms with van der Waals surface area (Å²) in [6, 6.07) is 8.63. The average Bonchev–Trinajstić information content (AvgIpc) is 2.23. The molecule has 1 N–H and O–H groups in total. The van der Waals surface area contributed by atoms with Gasteiger partial charge in [0.05, 0.1) is 24.6 Å². The lowest BCUT2D eigenvalue weighted by molar-refractivity contribution is -0.0318. The highest BCUT2D eigenvalue weighted by Gasteiger charge is 2.39. The molecule has 0 spiro atoms. The number of hydrogen-bond acceptors (Lipinski definition) is 3. The second-order valence-corrected chi connectivity index (χ2v) is 7.25. The van der Waals surface area contributed by atoms with Crippen molar-refractivity contribution in [3.8, 4) is 0 Å². The van der Waals surface area contributed by atoms with Crippen molar-refractivity contribution in [3.63, 3.8) is 0 Å². The van der Waals surface area contributed by atoms with E-state index in [2.05, 4.69) is 45.0 Å².